The van der Waals surface area contributed by atoms with Crippen LogP contribution in [0, 0.1) is 5.95 Å². The molecule has 56 heavy (non-hydrogen) atoms. The quantitative estimate of drug-likeness (QED) is 0.177. The Hall–Kier alpha value is -5.84. The number of carbonyl (C=O) groups is 3. The van der Waals surface area contributed by atoms with Crippen molar-refractivity contribution < 1.29 is 18.8 Å². The number of nitrogens with one attached hydrogen (secondary N) is 2. The van der Waals surface area contributed by atoms with Gasteiger partial charge in [-0.25, -0.2) is 14.8 Å². The molecule has 0 bridgehead atoms. The van der Waals surface area contributed by atoms with Crippen LogP contribution in [0.1, 0.15) is 61.1 Å². The van der Waals surface area contributed by atoms with Gasteiger partial charge in [0.05, 0.1) is 22.4 Å². The highest BCUT2D eigenvalue weighted by atomic mass is 19.1. The molecule has 0 radical (unpaired) electrons. The summed E-state index contributed by atoms with van der Waals surface area (Å²) in [5.41, 5.74) is 3.80. The van der Waals surface area contributed by atoms with Crippen molar-refractivity contribution in [3.8, 4) is 0 Å². The molecule has 292 valence electrons. The topological polar surface area (TPSA) is 159 Å². The minimum Gasteiger partial charge on any atom is -0.367 e. The number of carbonyl (C=O) groups excluding carboxylic acids is 3. The Morgan fingerprint density at radius 1 is 0.911 bits per heavy atom. The average Bonchev–Trinajstić information content (AvgIpc) is 3.88. The Balaban J connectivity index is 0.844. The first kappa shape index (κ1) is 35.8. The number of amides is 3. The van der Waals surface area contributed by atoms with Crippen molar-refractivity contribution in [3.05, 3.63) is 64.7 Å². The molecule has 3 amide bonds. The molecule has 4 aliphatic rings. The number of imide groups is 1. The monoisotopic (exact) mass is 764 g/mol. The van der Waals surface area contributed by atoms with Crippen LogP contribution in [0.5, 0.6) is 0 Å². The highest BCUT2D eigenvalue weighted by Gasteiger charge is 2.37. The lowest BCUT2D eigenvalue weighted by atomic mass is 10.0. The molecular weight excluding hydrogens is 720 g/mol. The standard InChI is InChI=1S/C39H45FN12O4/c1-46(2)37(55)30-19-23-20-41-38(45-35(23)51(30)24-7-4-5-8-24)43-31-13-11-28(34(40)42-31)49-17-15-48(16-18-49)25-21-50(22-25)26-9-6-10-27-33(26)47(3)39(56)52(27)29-12-14-32(53)44-36(29)54/h6,9-11,13,19-20,24-25,29H,4-5,7-8,12,14-18,21-22H2,1-3H3,(H,44,53,54)(H,41,42,43,45)/t29-/m1/s1. The minimum atomic E-state index is -0.730. The summed E-state index contributed by atoms with van der Waals surface area (Å²) < 4.78 is 20.7. The van der Waals surface area contributed by atoms with Crippen molar-refractivity contribution in [3.63, 3.8) is 0 Å². The minimum absolute atomic E-state index is 0.0809. The van der Waals surface area contributed by atoms with E-state index in [2.05, 4.69) is 30.4 Å². The maximum atomic E-state index is 15.6. The van der Waals surface area contributed by atoms with Gasteiger partial charge in [0.15, 0.2) is 0 Å². The number of nitrogens with zero attached hydrogens (tertiary/aromatic N) is 10. The average molecular weight is 765 g/mol. The third-order valence-corrected chi connectivity index (χ3v) is 11.9. The van der Waals surface area contributed by atoms with Crippen molar-refractivity contribution in [2.75, 3.05) is 68.5 Å². The van der Waals surface area contributed by atoms with Crippen LogP contribution in [0.25, 0.3) is 22.1 Å². The van der Waals surface area contributed by atoms with Crippen LogP contribution in [0.3, 0.4) is 0 Å². The van der Waals surface area contributed by atoms with Gasteiger partial charge in [-0.3, -0.25) is 33.7 Å². The zero-order valence-corrected chi connectivity index (χ0v) is 31.7. The normalized spacial score (nSPS) is 19.9. The summed E-state index contributed by atoms with van der Waals surface area (Å²) in [5.74, 6) is -0.843. The summed E-state index contributed by atoms with van der Waals surface area (Å²) >= 11 is 0. The smallest absolute Gasteiger partial charge is 0.329 e. The number of aryl methyl sites for hydroxylation is 1. The number of rotatable bonds is 8. The molecule has 1 aromatic carbocycles. The SMILES string of the molecule is CN(C)C(=O)c1cc2cnc(Nc3ccc(N4CCN(C5CN(c6cccc7c6n(C)c(=O)n7[C@@H]6CCC(=O)NC6=O)C5)CC4)c(F)n3)nc2n1C1CCCC1. The van der Waals surface area contributed by atoms with Gasteiger partial charge in [0.25, 0.3) is 5.91 Å². The number of benzene rings is 1. The van der Waals surface area contributed by atoms with Gasteiger partial charge in [0.1, 0.15) is 23.2 Å². The molecule has 2 N–H and O–H groups in total. The molecule has 4 fully saturated rings. The molecular formula is C39H45FN12O4. The van der Waals surface area contributed by atoms with Crippen molar-refractivity contribution in [1.82, 2.24) is 43.8 Å². The van der Waals surface area contributed by atoms with Gasteiger partial charge >= 0.3 is 5.69 Å². The van der Waals surface area contributed by atoms with Gasteiger partial charge < -0.3 is 24.6 Å². The van der Waals surface area contributed by atoms with Crippen LogP contribution in [0.2, 0.25) is 0 Å². The third kappa shape index (κ3) is 6.13. The Morgan fingerprint density at radius 2 is 1.68 bits per heavy atom. The van der Waals surface area contributed by atoms with Gasteiger partial charge in [-0.05, 0) is 49.6 Å². The van der Waals surface area contributed by atoms with E-state index in [4.69, 9.17) is 4.98 Å². The Labute approximate surface area is 321 Å². The number of aromatic nitrogens is 6. The lowest BCUT2D eigenvalue weighted by Crippen LogP contribution is -2.63. The van der Waals surface area contributed by atoms with Gasteiger partial charge in [-0.15, -0.1) is 0 Å². The molecule has 1 saturated carbocycles. The van der Waals surface area contributed by atoms with E-state index >= 15 is 4.39 Å². The van der Waals surface area contributed by atoms with Crippen LogP contribution in [-0.2, 0) is 16.6 Å². The fourth-order valence-electron chi connectivity index (χ4n) is 8.95. The van der Waals surface area contributed by atoms with E-state index in [1.54, 1.807) is 48.9 Å². The number of halogens is 1. The van der Waals surface area contributed by atoms with Crippen molar-refractivity contribution in [2.45, 2.75) is 56.7 Å². The lowest BCUT2D eigenvalue weighted by molar-refractivity contribution is -0.135. The largest absolute Gasteiger partial charge is 0.367 e. The van der Waals surface area contributed by atoms with Gasteiger partial charge in [0.2, 0.25) is 23.7 Å². The summed E-state index contributed by atoms with van der Waals surface area (Å²) in [7, 11) is 5.21. The van der Waals surface area contributed by atoms with Gasteiger partial charge in [-0.2, -0.15) is 9.37 Å². The van der Waals surface area contributed by atoms with Gasteiger partial charge in [-0.1, -0.05) is 18.9 Å². The maximum Gasteiger partial charge on any atom is 0.329 e. The van der Waals surface area contributed by atoms with E-state index in [0.29, 0.717) is 47.5 Å². The number of piperidine rings is 1. The first-order valence-electron chi connectivity index (χ1n) is 19.4. The van der Waals surface area contributed by atoms with E-state index < -0.39 is 17.9 Å². The summed E-state index contributed by atoms with van der Waals surface area (Å²) in [6, 6.07) is 10.8. The number of imidazole rings is 1. The van der Waals surface area contributed by atoms with Crippen LogP contribution in [0.4, 0.5) is 27.5 Å². The van der Waals surface area contributed by atoms with E-state index in [9.17, 15) is 19.2 Å². The Morgan fingerprint density at radius 3 is 2.39 bits per heavy atom. The zero-order valence-electron chi connectivity index (χ0n) is 31.7. The van der Waals surface area contributed by atoms with E-state index in [1.165, 1.54) is 4.57 Å². The van der Waals surface area contributed by atoms with Crippen molar-refractivity contribution >= 4 is 62.9 Å². The first-order valence-corrected chi connectivity index (χ1v) is 19.4. The molecule has 0 unspecified atom stereocenters. The Bertz CT molecular complexity index is 2440. The molecule has 3 aliphatic heterocycles. The van der Waals surface area contributed by atoms with Crippen molar-refractivity contribution in [2.24, 2.45) is 7.05 Å². The summed E-state index contributed by atoms with van der Waals surface area (Å²) in [4.78, 5) is 72.6. The zero-order chi connectivity index (χ0) is 38.8. The predicted molar refractivity (Wildman–Crippen MR) is 209 cm³/mol. The second-order valence-corrected chi connectivity index (χ2v) is 15.5. The molecule has 0 spiro atoms. The molecule has 16 nitrogen and oxygen atoms in total. The Kier molecular flexibility index (Phi) is 8.98. The highest BCUT2D eigenvalue weighted by Crippen LogP contribution is 2.36. The van der Waals surface area contributed by atoms with Crippen LogP contribution in [0.15, 0.2) is 47.4 Å². The second-order valence-electron chi connectivity index (χ2n) is 15.5. The molecule has 5 aromatic rings. The number of fused-ring (bicyclic) bond motifs is 2. The third-order valence-electron chi connectivity index (χ3n) is 11.9. The molecule has 1 atom stereocenters. The van der Waals surface area contributed by atoms with E-state index in [1.807, 2.05) is 33.7 Å². The fourth-order valence-corrected chi connectivity index (χ4v) is 8.95. The summed E-state index contributed by atoms with van der Waals surface area (Å²) in [6.45, 7) is 4.37. The molecule has 17 heteroatoms. The highest BCUT2D eigenvalue weighted by molar-refractivity contribution is 6.01. The van der Waals surface area contributed by atoms with Crippen LogP contribution >= 0.6 is 0 Å². The maximum absolute atomic E-state index is 15.6. The van der Waals surface area contributed by atoms with E-state index in [0.717, 1.165) is 68.5 Å². The predicted octanol–water partition coefficient (Wildman–Crippen LogP) is 3.17. The number of anilines is 4. The molecule has 3 saturated heterocycles. The number of hydrogen-bond acceptors (Lipinski definition) is 11. The second kappa shape index (κ2) is 14.0. The first-order chi connectivity index (χ1) is 27.0. The number of hydrogen-bond donors (Lipinski definition) is 2. The molecule has 4 aromatic heterocycles. The summed E-state index contributed by atoms with van der Waals surface area (Å²) in [6.07, 6.45) is 6.35. The molecule has 7 heterocycles. The fraction of sp³-hybridized carbons (Fsp3) is 0.462. The number of para-hydroxylation sites is 1. The molecule has 9 rings (SSSR count). The van der Waals surface area contributed by atoms with Crippen LogP contribution in [-0.4, -0.2) is 116 Å². The van der Waals surface area contributed by atoms with Gasteiger partial charge in [0, 0.05) is 90.5 Å². The van der Waals surface area contributed by atoms with Crippen LogP contribution < -0.4 is 26.1 Å². The van der Waals surface area contributed by atoms with E-state index in [-0.39, 0.29) is 42.3 Å². The lowest BCUT2D eigenvalue weighted by Gasteiger charge is -2.49. The van der Waals surface area contributed by atoms with Crippen molar-refractivity contribution in [1.29, 1.82) is 0 Å². The number of pyridine rings is 1. The number of piperazine rings is 1. The molecule has 1 aliphatic carbocycles. The summed E-state index contributed by atoms with van der Waals surface area (Å²) in [5, 5.41) is 6.23.